The van der Waals surface area contributed by atoms with Crippen LogP contribution in [0.5, 0.6) is 0 Å². The van der Waals surface area contributed by atoms with Gasteiger partial charge in [-0.05, 0) is 12.5 Å². The van der Waals surface area contributed by atoms with Crippen LogP contribution in [0.25, 0.3) is 11.1 Å². The second-order valence-electron chi connectivity index (χ2n) is 3.47. The van der Waals surface area contributed by atoms with Gasteiger partial charge in [-0.25, -0.2) is 14.8 Å². The number of aromatic nitrogens is 2. The van der Waals surface area contributed by atoms with Crippen molar-refractivity contribution in [3.05, 3.63) is 48.0 Å². The van der Waals surface area contributed by atoms with Crippen LogP contribution in [0.1, 0.15) is 16.2 Å². The van der Waals surface area contributed by atoms with Crippen molar-refractivity contribution in [2.75, 3.05) is 0 Å². The van der Waals surface area contributed by atoms with Crippen molar-refractivity contribution in [1.82, 2.24) is 9.97 Å². The van der Waals surface area contributed by atoms with E-state index < -0.39 is 5.97 Å². The Labute approximate surface area is 92.6 Å². The Morgan fingerprint density at radius 3 is 2.12 bits per heavy atom. The first-order chi connectivity index (χ1) is 7.66. The molecule has 0 bridgehead atoms. The molecule has 0 radical (unpaired) electrons. The van der Waals surface area contributed by atoms with Crippen LogP contribution in [0.3, 0.4) is 0 Å². The summed E-state index contributed by atoms with van der Waals surface area (Å²) in [5.74, 6) is -1.30. The third kappa shape index (κ3) is 2.06. The minimum absolute atomic E-state index is 0.184. The van der Waals surface area contributed by atoms with E-state index in [9.17, 15) is 4.79 Å². The summed E-state index contributed by atoms with van der Waals surface area (Å²) in [5.41, 5.74) is 2.96. The highest BCUT2D eigenvalue weighted by atomic mass is 16.4. The molecular weight excluding hydrogens is 204 g/mol. The fraction of sp³-hybridized carbons (Fsp3) is 0.0833. The summed E-state index contributed by atoms with van der Waals surface area (Å²) in [4.78, 5) is 18.1. The van der Waals surface area contributed by atoms with E-state index >= 15 is 0 Å². The lowest BCUT2D eigenvalue weighted by Crippen LogP contribution is -2.03. The highest BCUT2D eigenvalue weighted by Crippen LogP contribution is 2.17. The molecule has 16 heavy (non-hydrogen) atoms. The minimum Gasteiger partial charge on any atom is -0.475 e. The zero-order chi connectivity index (χ0) is 11.5. The smallest absolute Gasteiger partial charge is 0.373 e. The topological polar surface area (TPSA) is 63.1 Å². The molecule has 1 N–H and O–H groups in total. The van der Waals surface area contributed by atoms with Crippen LogP contribution in [0.15, 0.2) is 36.7 Å². The monoisotopic (exact) mass is 214 g/mol. The number of aryl methyl sites for hydroxylation is 1. The molecule has 0 spiro atoms. The van der Waals surface area contributed by atoms with Crippen molar-refractivity contribution >= 4 is 5.97 Å². The summed E-state index contributed by atoms with van der Waals surface area (Å²) in [6.45, 7) is 2.01. The fourth-order valence-corrected chi connectivity index (χ4v) is 1.33. The fourth-order valence-electron chi connectivity index (χ4n) is 1.33. The molecule has 2 aromatic rings. The molecule has 2 rings (SSSR count). The van der Waals surface area contributed by atoms with Crippen molar-refractivity contribution in [2.24, 2.45) is 0 Å². The second kappa shape index (κ2) is 4.10. The van der Waals surface area contributed by atoms with Gasteiger partial charge in [0, 0.05) is 18.0 Å². The number of hydrogen-bond acceptors (Lipinski definition) is 3. The van der Waals surface area contributed by atoms with Crippen molar-refractivity contribution in [1.29, 1.82) is 0 Å². The van der Waals surface area contributed by atoms with Crippen molar-refractivity contribution in [3.8, 4) is 11.1 Å². The maximum absolute atomic E-state index is 10.6. The number of carboxylic acids is 1. The predicted molar refractivity (Wildman–Crippen MR) is 59.2 cm³/mol. The number of aromatic carboxylic acids is 1. The number of carbonyl (C=O) groups is 1. The van der Waals surface area contributed by atoms with E-state index in [1.54, 1.807) is 0 Å². The number of carboxylic acid groups (broad SMARTS) is 1. The Kier molecular flexibility index (Phi) is 2.64. The standard InChI is InChI=1S/C12H10N2O2/c1-8-2-4-9(5-3-8)10-6-13-11(12(15)16)14-7-10/h2-7H,1H3,(H,15,16). The molecular formula is C12H10N2O2. The van der Waals surface area contributed by atoms with Gasteiger partial charge < -0.3 is 5.11 Å². The van der Waals surface area contributed by atoms with Crippen LogP contribution in [0, 0.1) is 6.92 Å². The second-order valence-corrected chi connectivity index (χ2v) is 3.47. The maximum atomic E-state index is 10.6. The lowest BCUT2D eigenvalue weighted by Gasteiger charge is -2.01. The average Bonchev–Trinajstić information content (AvgIpc) is 2.30. The van der Waals surface area contributed by atoms with Crippen LogP contribution in [0.4, 0.5) is 0 Å². The number of nitrogens with zero attached hydrogens (tertiary/aromatic N) is 2. The Bertz CT molecular complexity index is 504. The van der Waals surface area contributed by atoms with Gasteiger partial charge in [0.25, 0.3) is 0 Å². The maximum Gasteiger partial charge on any atom is 0.373 e. The Morgan fingerprint density at radius 1 is 1.06 bits per heavy atom. The molecule has 0 saturated carbocycles. The molecule has 0 aliphatic rings. The first-order valence-corrected chi connectivity index (χ1v) is 4.79. The van der Waals surface area contributed by atoms with Crippen molar-refractivity contribution < 1.29 is 9.90 Å². The Hall–Kier alpha value is -2.23. The van der Waals surface area contributed by atoms with E-state index in [2.05, 4.69) is 9.97 Å². The molecule has 0 saturated heterocycles. The molecule has 0 aliphatic carbocycles. The molecule has 4 nitrogen and oxygen atoms in total. The van der Waals surface area contributed by atoms with Crippen LogP contribution in [-0.4, -0.2) is 21.0 Å². The molecule has 1 heterocycles. The van der Waals surface area contributed by atoms with Gasteiger partial charge in [-0.3, -0.25) is 0 Å². The van der Waals surface area contributed by atoms with E-state index in [-0.39, 0.29) is 5.82 Å². The van der Waals surface area contributed by atoms with E-state index in [1.807, 2.05) is 31.2 Å². The lowest BCUT2D eigenvalue weighted by atomic mass is 10.1. The van der Waals surface area contributed by atoms with Gasteiger partial charge in [-0.2, -0.15) is 0 Å². The Balaban J connectivity index is 2.34. The van der Waals surface area contributed by atoms with E-state index in [1.165, 1.54) is 18.0 Å². The number of hydrogen-bond donors (Lipinski definition) is 1. The first kappa shape index (κ1) is 10.3. The summed E-state index contributed by atoms with van der Waals surface area (Å²) in [6, 6.07) is 7.88. The number of rotatable bonds is 2. The van der Waals surface area contributed by atoms with Gasteiger partial charge in [-0.1, -0.05) is 29.8 Å². The molecule has 1 aromatic carbocycles. The molecule has 0 amide bonds. The summed E-state index contributed by atoms with van der Waals surface area (Å²) in [5, 5.41) is 8.66. The third-order valence-corrected chi connectivity index (χ3v) is 2.23. The van der Waals surface area contributed by atoms with Crippen LogP contribution in [0.2, 0.25) is 0 Å². The summed E-state index contributed by atoms with van der Waals surface area (Å²) < 4.78 is 0. The summed E-state index contributed by atoms with van der Waals surface area (Å²) >= 11 is 0. The first-order valence-electron chi connectivity index (χ1n) is 4.79. The SMILES string of the molecule is Cc1ccc(-c2cnc(C(=O)O)nc2)cc1. The minimum atomic E-state index is -1.12. The molecule has 0 fully saturated rings. The van der Waals surface area contributed by atoms with Crippen molar-refractivity contribution in [2.45, 2.75) is 6.92 Å². The Morgan fingerprint density at radius 2 is 1.62 bits per heavy atom. The number of benzene rings is 1. The highest BCUT2D eigenvalue weighted by molar-refractivity contribution is 5.83. The zero-order valence-corrected chi connectivity index (χ0v) is 8.71. The van der Waals surface area contributed by atoms with Gasteiger partial charge in [0.15, 0.2) is 0 Å². The summed E-state index contributed by atoms with van der Waals surface area (Å²) in [6.07, 6.45) is 3.03. The zero-order valence-electron chi connectivity index (χ0n) is 8.71. The van der Waals surface area contributed by atoms with Gasteiger partial charge in [0.2, 0.25) is 5.82 Å². The quantitative estimate of drug-likeness (QED) is 0.831. The lowest BCUT2D eigenvalue weighted by molar-refractivity contribution is 0.0683. The van der Waals surface area contributed by atoms with E-state index in [4.69, 9.17) is 5.11 Å². The third-order valence-electron chi connectivity index (χ3n) is 2.23. The van der Waals surface area contributed by atoms with Crippen LogP contribution >= 0.6 is 0 Å². The van der Waals surface area contributed by atoms with Gasteiger partial charge in [-0.15, -0.1) is 0 Å². The summed E-state index contributed by atoms with van der Waals surface area (Å²) in [7, 11) is 0. The van der Waals surface area contributed by atoms with Crippen LogP contribution in [-0.2, 0) is 0 Å². The molecule has 4 heteroatoms. The highest BCUT2D eigenvalue weighted by Gasteiger charge is 2.06. The molecule has 0 aliphatic heterocycles. The normalized spacial score (nSPS) is 10.1. The van der Waals surface area contributed by atoms with Crippen LogP contribution < -0.4 is 0 Å². The van der Waals surface area contributed by atoms with Gasteiger partial charge >= 0.3 is 5.97 Å². The molecule has 80 valence electrons. The predicted octanol–water partition coefficient (Wildman–Crippen LogP) is 2.15. The van der Waals surface area contributed by atoms with Gasteiger partial charge in [0.05, 0.1) is 0 Å². The average molecular weight is 214 g/mol. The van der Waals surface area contributed by atoms with Crippen molar-refractivity contribution in [3.63, 3.8) is 0 Å². The molecule has 1 aromatic heterocycles. The molecule has 0 unspecified atom stereocenters. The largest absolute Gasteiger partial charge is 0.475 e. The van der Waals surface area contributed by atoms with Gasteiger partial charge in [0.1, 0.15) is 0 Å². The van der Waals surface area contributed by atoms with E-state index in [0.29, 0.717) is 0 Å². The van der Waals surface area contributed by atoms with E-state index in [0.717, 1.165) is 11.1 Å². The molecule has 0 atom stereocenters.